The molecule has 0 aromatic heterocycles. The summed E-state index contributed by atoms with van der Waals surface area (Å²) in [6.07, 6.45) is 2.36. The minimum atomic E-state index is -1.04. The number of carboxylic acids is 1. The molecule has 2 aliphatic rings. The molecule has 1 N–H and O–H groups in total. The Kier molecular flexibility index (Phi) is 3.96. The predicted octanol–water partition coefficient (Wildman–Crippen LogP) is -0.606. The molecule has 96 valence electrons. The van der Waals surface area contributed by atoms with E-state index in [1.165, 1.54) is 6.42 Å². The summed E-state index contributed by atoms with van der Waals surface area (Å²) >= 11 is 0. The molecule has 2 rings (SSSR count). The first-order valence-electron chi connectivity index (χ1n) is 5.98. The van der Waals surface area contributed by atoms with Gasteiger partial charge in [-0.3, -0.25) is 9.69 Å². The Bertz CT molecular complexity index is 308. The molecule has 6 heteroatoms. The largest absolute Gasteiger partial charge is 0.480 e. The van der Waals surface area contributed by atoms with Crippen LogP contribution in [0.1, 0.15) is 12.8 Å². The third-order valence-electron chi connectivity index (χ3n) is 3.39. The van der Waals surface area contributed by atoms with Gasteiger partial charge in [0.15, 0.2) is 0 Å². The van der Waals surface area contributed by atoms with Gasteiger partial charge in [-0.25, -0.2) is 4.79 Å². The molecule has 2 heterocycles. The minimum absolute atomic E-state index is 0.0993. The van der Waals surface area contributed by atoms with Crippen LogP contribution in [0.5, 0.6) is 0 Å². The molecule has 17 heavy (non-hydrogen) atoms. The van der Waals surface area contributed by atoms with Gasteiger partial charge in [0.1, 0.15) is 13.2 Å². The number of ether oxygens (including phenoxy) is 1. The quantitative estimate of drug-likeness (QED) is 0.712. The van der Waals surface area contributed by atoms with Gasteiger partial charge in [0.2, 0.25) is 5.91 Å². The van der Waals surface area contributed by atoms with Gasteiger partial charge in [0, 0.05) is 25.7 Å². The van der Waals surface area contributed by atoms with E-state index in [4.69, 9.17) is 9.84 Å². The van der Waals surface area contributed by atoms with Crippen molar-refractivity contribution < 1.29 is 19.4 Å². The molecule has 1 atom stereocenters. The van der Waals surface area contributed by atoms with Gasteiger partial charge in [-0.1, -0.05) is 0 Å². The lowest BCUT2D eigenvalue weighted by atomic mass is 10.1. The maximum absolute atomic E-state index is 11.8. The lowest BCUT2D eigenvalue weighted by molar-refractivity contribution is -0.146. The summed E-state index contributed by atoms with van der Waals surface area (Å²) in [4.78, 5) is 26.2. The van der Waals surface area contributed by atoms with E-state index in [0.29, 0.717) is 6.04 Å². The van der Waals surface area contributed by atoms with Crippen LogP contribution in [0.2, 0.25) is 0 Å². The van der Waals surface area contributed by atoms with Crippen molar-refractivity contribution in [3.8, 4) is 0 Å². The zero-order chi connectivity index (χ0) is 12.3. The van der Waals surface area contributed by atoms with Crippen molar-refractivity contribution in [2.75, 3.05) is 39.4 Å². The number of rotatable bonds is 4. The van der Waals surface area contributed by atoms with Gasteiger partial charge in [-0.05, 0) is 19.4 Å². The van der Waals surface area contributed by atoms with E-state index in [-0.39, 0.29) is 12.5 Å². The van der Waals surface area contributed by atoms with E-state index in [9.17, 15) is 9.59 Å². The highest BCUT2D eigenvalue weighted by Crippen LogP contribution is 2.21. The number of hydrogen-bond donors (Lipinski definition) is 1. The molecule has 1 amide bonds. The number of hydrogen-bond acceptors (Lipinski definition) is 4. The van der Waals surface area contributed by atoms with Crippen molar-refractivity contribution in [1.82, 2.24) is 9.80 Å². The van der Waals surface area contributed by atoms with Crippen molar-refractivity contribution in [1.29, 1.82) is 0 Å². The van der Waals surface area contributed by atoms with Crippen molar-refractivity contribution in [2.24, 2.45) is 0 Å². The molecule has 0 aromatic carbocycles. The highest BCUT2D eigenvalue weighted by Gasteiger charge is 2.32. The fraction of sp³-hybridized carbons (Fsp3) is 0.818. The molecule has 1 unspecified atom stereocenters. The standard InChI is InChI=1S/C11H18N2O4/c14-10(7-17-8-11(15)16)13-5-4-12-3-1-2-9(12)6-13/h9H,1-8H2,(H,15,16). The number of aliphatic carboxylic acids is 1. The van der Waals surface area contributed by atoms with Crippen LogP contribution in [-0.4, -0.2) is 72.2 Å². The second-order valence-corrected chi connectivity index (χ2v) is 4.56. The molecular formula is C11H18N2O4. The number of carbonyl (C=O) groups excluding carboxylic acids is 1. The average molecular weight is 242 g/mol. The van der Waals surface area contributed by atoms with E-state index in [2.05, 4.69) is 4.90 Å². The van der Waals surface area contributed by atoms with Crippen LogP contribution in [0.4, 0.5) is 0 Å². The van der Waals surface area contributed by atoms with Crippen LogP contribution in [-0.2, 0) is 14.3 Å². The van der Waals surface area contributed by atoms with Gasteiger partial charge in [0.05, 0.1) is 0 Å². The third-order valence-corrected chi connectivity index (χ3v) is 3.39. The number of carbonyl (C=O) groups is 2. The fourth-order valence-corrected chi connectivity index (χ4v) is 2.53. The Morgan fingerprint density at radius 2 is 2.06 bits per heavy atom. The first kappa shape index (κ1) is 12.3. The highest BCUT2D eigenvalue weighted by atomic mass is 16.5. The number of nitrogens with zero attached hydrogens (tertiary/aromatic N) is 2. The fourth-order valence-electron chi connectivity index (χ4n) is 2.53. The number of carboxylic acid groups (broad SMARTS) is 1. The van der Waals surface area contributed by atoms with E-state index in [1.54, 1.807) is 4.90 Å². The van der Waals surface area contributed by atoms with Gasteiger partial charge in [-0.15, -0.1) is 0 Å². The zero-order valence-electron chi connectivity index (χ0n) is 9.80. The van der Waals surface area contributed by atoms with Crippen molar-refractivity contribution in [3.63, 3.8) is 0 Å². The predicted molar refractivity (Wildman–Crippen MR) is 59.6 cm³/mol. The molecule has 0 saturated carbocycles. The van der Waals surface area contributed by atoms with E-state index in [1.807, 2.05) is 0 Å². The Hall–Kier alpha value is -1.14. The molecule has 0 aromatic rings. The molecule has 2 aliphatic heterocycles. The number of fused-ring (bicyclic) bond motifs is 1. The molecule has 0 aliphatic carbocycles. The van der Waals surface area contributed by atoms with Crippen LogP contribution in [0.3, 0.4) is 0 Å². The van der Waals surface area contributed by atoms with E-state index in [0.717, 1.165) is 32.6 Å². The SMILES string of the molecule is O=C(O)COCC(=O)N1CCN2CCCC2C1. The summed E-state index contributed by atoms with van der Waals surface area (Å²) in [6.45, 7) is 3.02. The maximum Gasteiger partial charge on any atom is 0.329 e. The topological polar surface area (TPSA) is 70.1 Å². The summed E-state index contributed by atoms with van der Waals surface area (Å²) in [5, 5.41) is 8.40. The summed E-state index contributed by atoms with van der Waals surface area (Å²) in [6, 6.07) is 0.493. The van der Waals surface area contributed by atoms with Crippen LogP contribution in [0.15, 0.2) is 0 Å². The van der Waals surface area contributed by atoms with Crippen LogP contribution < -0.4 is 0 Å². The molecule has 6 nitrogen and oxygen atoms in total. The van der Waals surface area contributed by atoms with Gasteiger partial charge in [-0.2, -0.15) is 0 Å². The zero-order valence-corrected chi connectivity index (χ0v) is 9.80. The Morgan fingerprint density at radius 1 is 1.24 bits per heavy atom. The molecule has 0 radical (unpaired) electrons. The lowest BCUT2D eigenvalue weighted by Gasteiger charge is -2.37. The summed E-state index contributed by atoms with van der Waals surface area (Å²) in [5.41, 5.74) is 0. The Morgan fingerprint density at radius 3 is 2.82 bits per heavy atom. The first-order valence-corrected chi connectivity index (χ1v) is 5.98. The first-order chi connectivity index (χ1) is 8.16. The number of piperazine rings is 1. The Balaban J connectivity index is 1.74. The van der Waals surface area contributed by atoms with Crippen LogP contribution in [0, 0.1) is 0 Å². The second-order valence-electron chi connectivity index (χ2n) is 4.56. The van der Waals surface area contributed by atoms with E-state index < -0.39 is 12.6 Å². The van der Waals surface area contributed by atoms with Crippen LogP contribution in [0.25, 0.3) is 0 Å². The van der Waals surface area contributed by atoms with Crippen molar-refractivity contribution in [2.45, 2.75) is 18.9 Å². The normalized spacial score (nSPS) is 24.7. The van der Waals surface area contributed by atoms with Crippen molar-refractivity contribution in [3.05, 3.63) is 0 Å². The molecule has 0 bridgehead atoms. The van der Waals surface area contributed by atoms with Gasteiger partial charge >= 0.3 is 5.97 Å². The average Bonchev–Trinajstić information content (AvgIpc) is 2.75. The summed E-state index contributed by atoms with van der Waals surface area (Å²) in [5.74, 6) is -1.14. The molecule has 2 fully saturated rings. The lowest BCUT2D eigenvalue weighted by Crippen LogP contribution is -2.52. The van der Waals surface area contributed by atoms with Gasteiger partial charge in [0.25, 0.3) is 0 Å². The van der Waals surface area contributed by atoms with Crippen LogP contribution >= 0.6 is 0 Å². The van der Waals surface area contributed by atoms with Gasteiger partial charge < -0.3 is 14.7 Å². The van der Waals surface area contributed by atoms with Crippen molar-refractivity contribution >= 4 is 11.9 Å². The minimum Gasteiger partial charge on any atom is -0.480 e. The summed E-state index contributed by atoms with van der Waals surface area (Å²) < 4.78 is 4.82. The smallest absolute Gasteiger partial charge is 0.329 e. The number of amides is 1. The van der Waals surface area contributed by atoms with E-state index >= 15 is 0 Å². The highest BCUT2D eigenvalue weighted by molar-refractivity contribution is 5.78. The summed E-state index contributed by atoms with van der Waals surface area (Å²) in [7, 11) is 0. The molecule has 0 spiro atoms. The Labute approximate surface area is 100 Å². The molecule has 2 saturated heterocycles. The molecular weight excluding hydrogens is 224 g/mol. The monoisotopic (exact) mass is 242 g/mol. The third kappa shape index (κ3) is 3.17. The maximum atomic E-state index is 11.8. The second kappa shape index (κ2) is 5.46.